The van der Waals surface area contributed by atoms with E-state index in [0.29, 0.717) is 0 Å². The van der Waals surface area contributed by atoms with E-state index < -0.39 is 0 Å². The van der Waals surface area contributed by atoms with Gasteiger partial charge in [-0.2, -0.15) is 0 Å². The second kappa shape index (κ2) is 7.28. The van der Waals surface area contributed by atoms with E-state index in [4.69, 9.17) is 11.6 Å². The third-order valence-electron chi connectivity index (χ3n) is 2.53. The van der Waals surface area contributed by atoms with Crippen LogP contribution in [0.25, 0.3) is 0 Å². The van der Waals surface area contributed by atoms with Crippen molar-refractivity contribution in [2.24, 2.45) is 0 Å². The zero-order chi connectivity index (χ0) is 12.0. The first-order valence-electron chi connectivity index (χ1n) is 5.46. The molecule has 1 aromatic carbocycles. The molecule has 0 radical (unpaired) electrons. The summed E-state index contributed by atoms with van der Waals surface area (Å²) < 4.78 is 1.07. The molecular formula is C12H18BrClN2. The number of hydrogen-bond acceptors (Lipinski definition) is 2. The van der Waals surface area contributed by atoms with Crippen molar-refractivity contribution in [2.75, 3.05) is 26.7 Å². The van der Waals surface area contributed by atoms with Crippen molar-refractivity contribution in [3.05, 3.63) is 33.3 Å². The summed E-state index contributed by atoms with van der Waals surface area (Å²) in [6.45, 7) is 6.09. The molecule has 0 unspecified atom stereocenters. The molecule has 16 heavy (non-hydrogen) atoms. The summed E-state index contributed by atoms with van der Waals surface area (Å²) in [6, 6.07) is 5.93. The molecule has 0 heterocycles. The van der Waals surface area contributed by atoms with Gasteiger partial charge < -0.3 is 10.2 Å². The second-order valence-electron chi connectivity index (χ2n) is 3.81. The lowest BCUT2D eigenvalue weighted by Gasteiger charge is -2.14. The van der Waals surface area contributed by atoms with Crippen molar-refractivity contribution in [3.8, 4) is 0 Å². The summed E-state index contributed by atoms with van der Waals surface area (Å²) >= 11 is 9.54. The van der Waals surface area contributed by atoms with Crippen LogP contribution >= 0.6 is 27.5 Å². The first kappa shape index (κ1) is 14.0. The topological polar surface area (TPSA) is 15.3 Å². The van der Waals surface area contributed by atoms with Crippen LogP contribution in [-0.4, -0.2) is 31.6 Å². The zero-order valence-electron chi connectivity index (χ0n) is 9.76. The van der Waals surface area contributed by atoms with Gasteiger partial charge in [0.15, 0.2) is 0 Å². The van der Waals surface area contributed by atoms with E-state index >= 15 is 0 Å². The van der Waals surface area contributed by atoms with E-state index in [1.165, 1.54) is 0 Å². The molecule has 1 N–H and O–H groups in total. The number of halogens is 2. The van der Waals surface area contributed by atoms with Crippen molar-refractivity contribution in [3.63, 3.8) is 0 Å². The Morgan fingerprint density at radius 1 is 1.44 bits per heavy atom. The average molecular weight is 306 g/mol. The van der Waals surface area contributed by atoms with Crippen LogP contribution in [0.5, 0.6) is 0 Å². The van der Waals surface area contributed by atoms with Gasteiger partial charge >= 0.3 is 0 Å². The summed E-state index contributed by atoms with van der Waals surface area (Å²) in [5.74, 6) is 0. The highest BCUT2D eigenvalue weighted by Gasteiger charge is 2.01. The van der Waals surface area contributed by atoms with Crippen molar-refractivity contribution in [1.82, 2.24) is 10.2 Å². The Morgan fingerprint density at radius 2 is 2.19 bits per heavy atom. The van der Waals surface area contributed by atoms with Crippen LogP contribution in [0.4, 0.5) is 0 Å². The first-order valence-corrected chi connectivity index (χ1v) is 6.63. The smallest absolute Gasteiger partial charge is 0.0451 e. The fraction of sp³-hybridized carbons (Fsp3) is 0.500. The molecule has 0 aliphatic carbocycles. The standard InChI is InChI=1S/C12H18BrClN2/c1-3-16(2)7-6-15-9-10-8-11(13)4-5-12(10)14/h4-5,8,15H,3,6-7,9H2,1-2H3. The maximum absolute atomic E-state index is 6.09. The van der Waals surface area contributed by atoms with Gasteiger partial charge in [-0.05, 0) is 37.4 Å². The molecule has 0 bridgehead atoms. The molecule has 0 fully saturated rings. The number of nitrogens with one attached hydrogen (secondary N) is 1. The van der Waals surface area contributed by atoms with Gasteiger partial charge in [0.05, 0.1) is 0 Å². The van der Waals surface area contributed by atoms with Crippen LogP contribution in [0.1, 0.15) is 12.5 Å². The van der Waals surface area contributed by atoms with E-state index in [0.717, 1.165) is 41.2 Å². The van der Waals surface area contributed by atoms with E-state index in [-0.39, 0.29) is 0 Å². The Morgan fingerprint density at radius 3 is 2.88 bits per heavy atom. The Hall–Kier alpha value is -0.0900. The van der Waals surface area contributed by atoms with Gasteiger partial charge in [-0.1, -0.05) is 34.5 Å². The van der Waals surface area contributed by atoms with Gasteiger partial charge in [-0.3, -0.25) is 0 Å². The molecule has 1 rings (SSSR count). The van der Waals surface area contributed by atoms with Crippen molar-refractivity contribution in [2.45, 2.75) is 13.5 Å². The Balaban J connectivity index is 2.34. The van der Waals surface area contributed by atoms with Gasteiger partial charge in [-0.15, -0.1) is 0 Å². The number of benzene rings is 1. The molecular weight excluding hydrogens is 288 g/mol. The predicted molar refractivity (Wildman–Crippen MR) is 74.0 cm³/mol. The third-order valence-corrected chi connectivity index (χ3v) is 3.40. The monoisotopic (exact) mass is 304 g/mol. The maximum Gasteiger partial charge on any atom is 0.0451 e. The van der Waals surface area contributed by atoms with Crippen LogP contribution in [0, 0.1) is 0 Å². The highest BCUT2D eigenvalue weighted by molar-refractivity contribution is 9.10. The van der Waals surface area contributed by atoms with Gasteiger partial charge in [0.2, 0.25) is 0 Å². The molecule has 0 amide bonds. The first-order chi connectivity index (χ1) is 7.63. The molecule has 0 aliphatic heterocycles. The van der Waals surface area contributed by atoms with Gasteiger partial charge in [0, 0.05) is 29.1 Å². The van der Waals surface area contributed by atoms with Gasteiger partial charge in [0.1, 0.15) is 0 Å². The Labute approximate surface area is 111 Å². The summed E-state index contributed by atoms with van der Waals surface area (Å²) in [7, 11) is 2.12. The Bertz CT molecular complexity index is 331. The average Bonchev–Trinajstić information content (AvgIpc) is 2.28. The summed E-state index contributed by atoms with van der Waals surface area (Å²) in [6.07, 6.45) is 0. The number of hydrogen-bond donors (Lipinski definition) is 1. The fourth-order valence-corrected chi connectivity index (χ4v) is 1.92. The normalized spacial score (nSPS) is 11.1. The largest absolute Gasteiger partial charge is 0.311 e. The minimum absolute atomic E-state index is 0.815. The number of nitrogens with zero attached hydrogens (tertiary/aromatic N) is 1. The second-order valence-corrected chi connectivity index (χ2v) is 5.13. The van der Waals surface area contributed by atoms with E-state index in [1.807, 2.05) is 12.1 Å². The van der Waals surface area contributed by atoms with E-state index in [9.17, 15) is 0 Å². The minimum atomic E-state index is 0.815. The number of rotatable bonds is 6. The highest BCUT2D eigenvalue weighted by Crippen LogP contribution is 2.20. The van der Waals surface area contributed by atoms with Crippen molar-refractivity contribution >= 4 is 27.5 Å². The molecule has 0 saturated heterocycles. The summed E-state index contributed by atoms with van der Waals surface area (Å²) in [5, 5.41) is 4.21. The molecule has 0 aliphatic rings. The lowest BCUT2D eigenvalue weighted by atomic mass is 10.2. The van der Waals surface area contributed by atoms with Crippen LogP contribution in [0.3, 0.4) is 0 Å². The highest BCUT2D eigenvalue weighted by atomic mass is 79.9. The quantitative estimate of drug-likeness (QED) is 0.812. The molecule has 90 valence electrons. The van der Waals surface area contributed by atoms with Crippen molar-refractivity contribution in [1.29, 1.82) is 0 Å². The minimum Gasteiger partial charge on any atom is -0.311 e. The molecule has 1 aromatic rings. The predicted octanol–water partition coefficient (Wildman–Crippen LogP) is 3.14. The van der Waals surface area contributed by atoms with Crippen LogP contribution in [-0.2, 0) is 6.54 Å². The lowest BCUT2D eigenvalue weighted by Crippen LogP contribution is -2.28. The van der Waals surface area contributed by atoms with Gasteiger partial charge in [0.25, 0.3) is 0 Å². The zero-order valence-corrected chi connectivity index (χ0v) is 12.1. The molecule has 0 saturated carbocycles. The number of likely N-dealkylation sites (N-methyl/N-ethyl adjacent to an activating group) is 1. The van der Waals surface area contributed by atoms with E-state index in [2.05, 4.69) is 46.2 Å². The summed E-state index contributed by atoms with van der Waals surface area (Å²) in [4.78, 5) is 2.27. The van der Waals surface area contributed by atoms with Crippen LogP contribution in [0.15, 0.2) is 22.7 Å². The molecule has 0 spiro atoms. The molecule has 4 heteroatoms. The van der Waals surface area contributed by atoms with Crippen molar-refractivity contribution < 1.29 is 0 Å². The summed E-state index contributed by atoms with van der Waals surface area (Å²) in [5.41, 5.74) is 1.13. The van der Waals surface area contributed by atoms with Crippen LogP contribution in [0.2, 0.25) is 5.02 Å². The fourth-order valence-electron chi connectivity index (χ4n) is 1.33. The maximum atomic E-state index is 6.09. The molecule has 0 atom stereocenters. The molecule has 0 aromatic heterocycles. The van der Waals surface area contributed by atoms with E-state index in [1.54, 1.807) is 0 Å². The van der Waals surface area contributed by atoms with Crippen LogP contribution < -0.4 is 5.32 Å². The third kappa shape index (κ3) is 4.83. The lowest BCUT2D eigenvalue weighted by molar-refractivity contribution is 0.349. The van der Waals surface area contributed by atoms with Gasteiger partial charge in [-0.25, -0.2) is 0 Å². The Kier molecular flexibility index (Phi) is 6.36. The SMILES string of the molecule is CCN(C)CCNCc1cc(Br)ccc1Cl. The molecule has 2 nitrogen and oxygen atoms in total.